The molecule has 7 nitrogen and oxygen atoms in total. The van der Waals surface area contributed by atoms with E-state index in [4.69, 9.17) is 4.74 Å². The van der Waals surface area contributed by atoms with Gasteiger partial charge in [0, 0.05) is 18.8 Å². The minimum atomic E-state index is -0.0326. The predicted molar refractivity (Wildman–Crippen MR) is 96.9 cm³/mol. The van der Waals surface area contributed by atoms with Crippen LogP contribution < -0.4 is 10.1 Å². The Morgan fingerprint density at radius 2 is 2.00 bits per heavy atom. The Hall–Kier alpha value is -3.22. The van der Waals surface area contributed by atoms with Gasteiger partial charge in [-0.25, -0.2) is 4.68 Å². The smallest absolute Gasteiger partial charge is 0.220 e. The van der Waals surface area contributed by atoms with Crippen LogP contribution in [0.25, 0.3) is 5.69 Å². The molecule has 0 atom stereocenters. The van der Waals surface area contributed by atoms with E-state index in [1.807, 2.05) is 43.3 Å². The molecule has 0 saturated heterocycles. The summed E-state index contributed by atoms with van der Waals surface area (Å²) in [5.74, 6) is 0.804. The highest BCUT2D eigenvalue weighted by Gasteiger charge is 2.08. The summed E-state index contributed by atoms with van der Waals surface area (Å²) in [6.45, 7) is 2.90. The molecule has 3 rings (SSSR count). The number of carbonyl (C=O) groups excluding carboxylic acids is 1. The second-order valence-corrected chi connectivity index (χ2v) is 5.68. The van der Waals surface area contributed by atoms with E-state index >= 15 is 0 Å². The molecule has 0 spiro atoms. The van der Waals surface area contributed by atoms with Gasteiger partial charge in [0.05, 0.1) is 25.0 Å². The molecule has 26 heavy (non-hydrogen) atoms. The van der Waals surface area contributed by atoms with Gasteiger partial charge in [-0.15, -0.1) is 5.10 Å². The Bertz CT molecular complexity index is 848. The topological polar surface area (TPSA) is 81.9 Å². The van der Waals surface area contributed by atoms with Gasteiger partial charge in [-0.05, 0) is 37.1 Å². The van der Waals surface area contributed by atoms with E-state index in [-0.39, 0.29) is 5.91 Å². The highest BCUT2D eigenvalue weighted by Crippen LogP contribution is 2.19. The number of carbonyl (C=O) groups is 1. The van der Waals surface area contributed by atoms with E-state index < -0.39 is 0 Å². The Kier molecular flexibility index (Phi) is 5.92. The minimum absolute atomic E-state index is 0.0326. The van der Waals surface area contributed by atoms with E-state index in [9.17, 15) is 4.79 Å². The van der Waals surface area contributed by atoms with Crippen molar-refractivity contribution in [2.45, 2.75) is 26.3 Å². The third-order valence-corrected chi connectivity index (χ3v) is 3.83. The number of hydrogen-bond donors (Lipinski definition) is 1. The number of rotatable bonds is 8. The maximum atomic E-state index is 12.1. The molecule has 1 aromatic carbocycles. The van der Waals surface area contributed by atoms with Crippen LogP contribution in [0.1, 0.15) is 24.6 Å². The lowest BCUT2D eigenvalue weighted by Gasteiger charge is -2.09. The number of aryl methyl sites for hydroxylation is 1. The standard InChI is InChI=1S/C19H21N5O2/c1-2-26-18-6-4-3-5-15(18)7-8-19(25)21-13-16-14-24(23-22-16)17-9-11-20-12-10-17/h3-6,9-12,14H,2,7-8,13H2,1H3,(H,21,25). The zero-order valence-electron chi connectivity index (χ0n) is 14.6. The Morgan fingerprint density at radius 3 is 2.81 bits per heavy atom. The molecule has 7 heteroatoms. The van der Waals surface area contributed by atoms with Crippen molar-refractivity contribution >= 4 is 5.91 Å². The van der Waals surface area contributed by atoms with Crippen molar-refractivity contribution in [2.24, 2.45) is 0 Å². The van der Waals surface area contributed by atoms with Gasteiger partial charge in [-0.3, -0.25) is 9.78 Å². The maximum Gasteiger partial charge on any atom is 0.220 e. The molecule has 0 fully saturated rings. The van der Waals surface area contributed by atoms with Crippen LogP contribution in [0, 0.1) is 0 Å². The van der Waals surface area contributed by atoms with Gasteiger partial charge in [-0.2, -0.15) is 0 Å². The van der Waals surface area contributed by atoms with E-state index in [1.54, 1.807) is 23.3 Å². The van der Waals surface area contributed by atoms with Crippen molar-refractivity contribution in [2.75, 3.05) is 6.61 Å². The fraction of sp³-hybridized carbons (Fsp3) is 0.263. The van der Waals surface area contributed by atoms with E-state index in [0.717, 1.165) is 17.0 Å². The maximum absolute atomic E-state index is 12.1. The average Bonchev–Trinajstić information content (AvgIpc) is 3.16. The fourth-order valence-electron chi connectivity index (χ4n) is 2.53. The van der Waals surface area contributed by atoms with Crippen LogP contribution in [0.15, 0.2) is 55.0 Å². The molecule has 0 radical (unpaired) electrons. The molecule has 1 amide bonds. The second kappa shape index (κ2) is 8.75. The summed E-state index contributed by atoms with van der Waals surface area (Å²) in [6.07, 6.45) is 6.20. The molecule has 0 aliphatic heterocycles. The summed E-state index contributed by atoms with van der Waals surface area (Å²) in [6, 6.07) is 11.5. The third-order valence-electron chi connectivity index (χ3n) is 3.83. The molecule has 0 aliphatic carbocycles. The van der Waals surface area contributed by atoms with Crippen LogP contribution in [-0.2, 0) is 17.8 Å². The van der Waals surface area contributed by atoms with Gasteiger partial charge in [0.15, 0.2) is 0 Å². The molecule has 134 valence electrons. The van der Waals surface area contributed by atoms with E-state index in [1.165, 1.54) is 0 Å². The first-order chi connectivity index (χ1) is 12.8. The Morgan fingerprint density at radius 1 is 1.19 bits per heavy atom. The molecular formula is C19H21N5O2. The molecular weight excluding hydrogens is 330 g/mol. The summed E-state index contributed by atoms with van der Waals surface area (Å²) in [5.41, 5.74) is 2.61. The number of hydrogen-bond acceptors (Lipinski definition) is 5. The number of para-hydroxylation sites is 1. The SMILES string of the molecule is CCOc1ccccc1CCC(=O)NCc1cn(-c2ccncc2)nn1. The number of ether oxygens (including phenoxy) is 1. The average molecular weight is 351 g/mol. The van der Waals surface area contributed by atoms with Crippen molar-refractivity contribution < 1.29 is 9.53 Å². The molecule has 1 N–H and O–H groups in total. The first kappa shape index (κ1) is 17.6. The summed E-state index contributed by atoms with van der Waals surface area (Å²) in [5, 5.41) is 11.0. The summed E-state index contributed by atoms with van der Waals surface area (Å²) in [7, 11) is 0. The fourth-order valence-corrected chi connectivity index (χ4v) is 2.53. The first-order valence-corrected chi connectivity index (χ1v) is 8.55. The van der Waals surface area contributed by atoms with Gasteiger partial charge >= 0.3 is 0 Å². The van der Waals surface area contributed by atoms with Crippen LogP contribution in [-0.4, -0.2) is 32.5 Å². The van der Waals surface area contributed by atoms with Crippen LogP contribution in [0.3, 0.4) is 0 Å². The minimum Gasteiger partial charge on any atom is -0.494 e. The molecule has 0 saturated carbocycles. The quantitative estimate of drug-likeness (QED) is 0.673. The number of nitrogens with zero attached hydrogens (tertiary/aromatic N) is 4. The lowest BCUT2D eigenvalue weighted by molar-refractivity contribution is -0.121. The number of pyridine rings is 1. The predicted octanol–water partition coefficient (Wildman–Crippen LogP) is 2.31. The first-order valence-electron chi connectivity index (χ1n) is 8.55. The van der Waals surface area contributed by atoms with Gasteiger partial charge in [0.1, 0.15) is 11.4 Å². The van der Waals surface area contributed by atoms with Gasteiger partial charge in [0.25, 0.3) is 0 Å². The summed E-state index contributed by atoms with van der Waals surface area (Å²) >= 11 is 0. The Balaban J connectivity index is 1.50. The normalized spacial score (nSPS) is 10.5. The van der Waals surface area contributed by atoms with Crippen molar-refractivity contribution in [3.63, 3.8) is 0 Å². The van der Waals surface area contributed by atoms with Crippen molar-refractivity contribution in [3.05, 3.63) is 66.2 Å². The Labute approximate surface area is 152 Å². The van der Waals surface area contributed by atoms with E-state index in [0.29, 0.717) is 31.7 Å². The van der Waals surface area contributed by atoms with Crippen LogP contribution in [0.2, 0.25) is 0 Å². The molecule has 0 aliphatic rings. The third kappa shape index (κ3) is 4.66. The molecule has 2 aromatic heterocycles. The number of nitrogens with one attached hydrogen (secondary N) is 1. The summed E-state index contributed by atoms with van der Waals surface area (Å²) in [4.78, 5) is 16.1. The van der Waals surface area contributed by atoms with Crippen molar-refractivity contribution in [1.82, 2.24) is 25.3 Å². The second-order valence-electron chi connectivity index (χ2n) is 5.68. The highest BCUT2D eigenvalue weighted by molar-refractivity contribution is 5.76. The van der Waals surface area contributed by atoms with Crippen molar-refractivity contribution in [3.8, 4) is 11.4 Å². The number of benzene rings is 1. The lowest BCUT2D eigenvalue weighted by Crippen LogP contribution is -2.23. The zero-order chi connectivity index (χ0) is 18.2. The van der Waals surface area contributed by atoms with Crippen LogP contribution >= 0.6 is 0 Å². The van der Waals surface area contributed by atoms with Crippen LogP contribution in [0.5, 0.6) is 5.75 Å². The lowest BCUT2D eigenvalue weighted by atomic mass is 10.1. The van der Waals surface area contributed by atoms with Crippen molar-refractivity contribution in [1.29, 1.82) is 0 Å². The van der Waals surface area contributed by atoms with Crippen LogP contribution in [0.4, 0.5) is 0 Å². The highest BCUT2D eigenvalue weighted by atomic mass is 16.5. The monoisotopic (exact) mass is 351 g/mol. The van der Waals surface area contributed by atoms with E-state index in [2.05, 4.69) is 20.6 Å². The molecule has 0 unspecified atom stereocenters. The number of aromatic nitrogens is 4. The van der Waals surface area contributed by atoms with Gasteiger partial charge < -0.3 is 10.1 Å². The molecule has 0 bridgehead atoms. The molecule has 3 aromatic rings. The molecule has 2 heterocycles. The number of amides is 1. The summed E-state index contributed by atoms with van der Waals surface area (Å²) < 4.78 is 7.24. The van der Waals surface area contributed by atoms with Gasteiger partial charge in [0.2, 0.25) is 5.91 Å². The van der Waals surface area contributed by atoms with Gasteiger partial charge in [-0.1, -0.05) is 23.4 Å². The largest absolute Gasteiger partial charge is 0.494 e. The zero-order valence-corrected chi connectivity index (χ0v) is 14.6.